The highest BCUT2D eigenvalue weighted by Crippen LogP contribution is 2.21. The Labute approximate surface area is 124 Å². The standard InChI is InChI=1S/C11H19N3O2S2.ClH/c1-18(15,16)10-4-2-3-5-14(8-10)7-9-6-13-11(12)17-9;/h6,10H,2-5,7-8H2,1H3,(H2,12,13);1H. The molecule has 1 saturated heterocycles. The van der Waals surface area contributed by atoms with Crippen molar-refractivity contribution in [2.75, 3.05) is 25.1 Å². The van der Waals surface area contributed by atoms with E-state index in [-0.39, 0.29) is 17.7 Å². The van der Waals surface area contributed by atoms with Crippen molar-refractivity contribution in [1.29, 1.82) is 0 Å². The quantitative estimate of drug-likeness (QED) is 0.912. The second-order valence-corrected chi connectivity index (χ2v) is 8.32. The van der Waals surface area contributed by atoms with Gasteiger partial charge in [0.05, 0.1) is 5.25 Å². The zero-order valence-corrected chi connectivity index (χ0v) is 13.4. The van der Waals surface area contributed by atoms with Crippen molar-refractivity contribution >= 4 is 38.7 Å². The number of anilines is 1. The summed E-state index contributed by atoms with van der Waals surface area (Å²) in [5.74, 6) is 0. The van der Waals surface area contributed by atoms with Gasteiger partial charge in [-0.2, -0.15) is 0 Å². The average molecular weight is 326 g/mol. The number of likely N-dealkylation sites (tertiary alicyclic amines) is 1. The van der Waals surface area contributed by atoms with Crippen LogP contribution in [0.4, 0.5) is 5.13 Å². The number of rotatable bonds is 3. The molecular weight excluding hydrogens is 306 g/mol. The van der Waals surface area contributed by atoms with Gasteiger partial charge in [0.1, 0.15) is 0 Å². The lowest BCUT2D eigenvalue weighted by Crippen LogP contribution is -2.34. The highest BCUT2D eigenvalue weighted by atomic mass is 35.5. The van der Waals surface area contributed by atoms with Gasteiger partial charge in [0, 0.05) is 30.4 Å². The van der Waals surface area contributed by atoms with E-state index in [1.807, 2.05) is 0 Å². The first-order chi connectivity index (χ1) is 8.45. The van der Waals surface area contributed by atoms with Gasteiger partial charge in [-0.05, 0) is 19.4 Å². The molecule has 19 heavy (non-hydrogen) atoms. The fourth-order valence-corrected chi connectivity index (χ4v) is 4.09. The van der Waals surface area contributed by atoms with Gasteiger partial charge in [-0.15, -0.1) is 23.7 Å². The summed E-state index contributed by atoms with van der Waals surface area (Å²) in [6.45, 7) is 2.32. The first kappa shape index (κ1) is 16.7. The van der Waals surface area contributed by atoms with E-state index in [9.17, 15) is 8.42 Å². The molecule has 1 aromatic heterocycles. The molecule has 2 N–H and O–H groups in total. The number of thiazole rings is 1. The molecule has 0 spiro atoms. The zero-order chi connectivity index (χ0) is 13.2. The van der Waals surface area contributed by atoms with Crippen molar-refractivity contribution in [3.63, 3.8) is 0 Å². The number of sulfone groups is 1. The number of aromatic nitrogens is 1. The fourth-order valence-electron chi connectivity index (χ4n) is 2.29. The predicted molar refractivity (Wildman–Crippen MR) is 81.5 cm³/mol. The van der Waals surface area contributed by atoms with E-state index in [1.54, 1.807) is 6.20 Å². The molecule has 1 aliphatic heterocycles. The second kappa shape index (κ2) is 6.88. The Morgan fingerprint density at radius 2 is 2.26 bits per heavy atom. The minimum absolute atomic E-state index is 0. The summed E-state index contributed by atoms with van der Waals surface area (Å²) in [6.07, 6.45) is 5.94. The average Bonchev–Trinajstić information content (AvgIpc) is 2.53. The number of nitrogen functional groups attached to an aromatic ring is 1. The zero-order valence-electron chi connectivity index (χ0n) is 10.9. The highest BCUT2D eigenvalue weighted by Gasteiger charge is 2.26. The van der Waals surface area contributed by atoms with Crippen molar-refractivity contribution in [2.45, 2.75) is 31.1 Å². The van der Waals surface area contributed by atoms with E-state index in [1.165, 1.54) is 17.6 Å². The molecule has 1 unspecified atom stereocenters. The van der Waals surface area contributed by atoms with Gasteiger partial charge in [0.15, 0.2) is 15.0 Å². The first-order valence-corrected chi connectivity index (χ1v) is 8.83. The lowest BCUT2D eigenvalue weighted by molar-refractivity contribution is 0.280. The van der Waals surface area contributed by atoms with Crippen LogP contribution < -0.4 is 5.73 Å². The van der Waals surface area contributed by atoms with Gasteiger partial charge in [0.25, 0.3) is 0 Å². The van der Waals surface area contributed by atoms with E-state index in [4.69, 9.17) is 5.73 Å². The molecule has 0 aliphatic carbocycles. The third kappa shape index (κ3) is 4.91. The number of hydrogen-bond acceptors (Lipinski definition) is 6. The van der Waals surface area contributed by atoms with Gasteiger partial charge in [-0.1, -0.05) is 6.42 Å². The fraction of sp³-hybridized carbons (Fsp3) is 0.727. The predicted octanol–water partition coefficient (Wildman–Crippen LogP) is 1.55. The van der Waals surface area contributed by atoms with Crippen LogP contribution in [-0.4, -0.2) is 42.9 Å². The molecule has 0 radical (unpaired) electrons. The maximum absolute atomic E-state index is 11.7. The van der Waals surface area contributed by atoms with Crippen LogP contribution in [0.2, 0.25) is 0 Å². The minimum atomic E-state index is -2.95. The van der Waals surface area contributed by atoms with Crippen LogP contribution in [0.15, 0.2) is 6.20 Å². The SMILES string of the molecule is CS(=O)(=O)C1CCCCN(Cc2cnc(N)s2)C1.Cl. The smallest absolute Gasteiger partial charge is 0.180 e. The van der Waals surface area contributed by atoms with Crippen LogP contribution in [0.25, 0.3) is 0 Å². The van der Waals surface area contributed by atoms with E-state index in [0.29, 0.717) is 11.7 Å². The molecule has 0 bridgehead atoms. The lowest BCUT2D eigenvalue weighted by atomic mass is 10.2. The van der Waals surface area contributed by atoms with Crippen LogP contribution in [0, 0.1) is 0 Å². The van der Waals surface area contributed by atoms with Crippen LogP contribution in [0.3, 0.4) is 0 Å². The Morgan fingerprint density at radius 3 is 2.84 bits per heavy atom. The summed E-state index contributed by atoms with van der Waals surface area (Å²) in [7, 11) is -2.95. The largest absolute Gasteiger partial charge is 0.375 e. The van der Waals surface area contributed by atoms with Crippen molar-refractivity contribution in [2.24, 2.45) is 0 Å². The van der Waals surface area contributed by atoms with Crippen molar-refractivity contribution in [1.82, 2.24) is 9.88 Å². The molecule has 5 nitrogen and oxygen atoms in total. The Kier molecular flexibility index (Phi) is 6.04. The van der Waals surface area contributed by atoms with Crippen LogP contribution in [0.1, 0.15) is 24.1 Å². The van der Waals surface area contributed by atoms with Crippen molar-refractivity contribution in [3.8, 4) is 0 Å². The molecule has 2 rings (SSSR count). The molecule has 1 fully saturated rings. The van der Waals surface area contributed by atoms with Gasteiger partial charge in [-0.25, -0.2) is 13.4 Å². The van der Waals surface area contributed by atoms with Gasteiger partial charge < -0.3 is 5.73 Å². The number of halogens is 1. The summed E-state index contributed by atoms with van der Waals surface area (Å²) in [5.41, 5.74) is 5.60. The van der Waals surface area contributed by atoms with E-state index >= 15 is 0 Å². The molecular formula is C11H20ClN3O2S2. The molecule has 1 aliphatic rings. The normalized spacial score (nSPS) is 21.6. The molecule has 0 amide bonds. The third-order valence-corrected chi connectivity index (χ3v) is 5.68. The molecule has 110 valence electrons. The highest BCUT2D eigenvalue weighted by molar-refractivity contribution is 7.91. The summed E-state index contributed by atoms with van der Waals surface area (Å²) >= 11 is 1.47. The monoisotopic (exact) mass is 325 g/mol. The molecule has 0 saturated carbocycles. The molecule has 2 heterocycles. The topological polar surface area (TPSA) is 76.3 Å². The third-order valence-electron chi connectivity index (χ3n) is 3.27. The Balaban J connectivity index is 0.00000180. The number of nitrogens with two attached hydrogens (primary N) is 1. The maximum Gasteiger partial charge on any atom is 0.180 e. The molecule has 8 heteroatoms. The van der Waals surface area contributed by atoms with Crippen LogP contribution in [-0.2, 0) is 16.4 Å². The van der Waals surface area contributed by atoms with E-state index in [0.717, 1.165) is 37.2 Å². The van der Waals surface area contributed by atoms with Crippen molar-refractivity contribution < 1.29 is 8.42 Å². The summed E-state index contributed by atoms with van der Waals surface area (Å²) in [5, 5.41) is 0.338. The maximum atomic E-state index is 11.7. The molecule has 1 atom stereocenters. The Morgan fingerprint density at radius 1 is 1.53 bits per heavy atom. The van der Waals surface area contributed by atoms with E-state index in [2.05, 4.69) is 9.88 Å². The van der Waals surface area contributed by atoms with Crippen molar-refractivity contribution in [3.05, 3.63) is 11.1 Å². The van der Waals surface area contributed by atoms with Gasteiger partial charge >= 0.3 is 0 Å². The Hall–Kier alpha value is -0.370. The summed E-state index contributed by atoms with van der Waals surface area (Å²) in [6, 6.07) is 0. The summed E-state index contributed by atoms with van der Waals surface area (Å²) < 4.78 is 23.4. The first-order valence-electron chi connectivity index (χ1n) is 6.06. The van der Waals surface area contributed by atoms with Gasteiger partial charge in [-0.3, -0.25) is 4.90 Å². The lowest BCUT2D eigenvalue weighted by Gasteiger charge is -2.22. The molecule has 0 aromatic carbocycles. The minimum Gasteiger partial charge on any atom is -0.375 e. The van der Waals surface area contributed by atoms with E-state index < -0.39 is 9.84 Å². The summed E-state index contributed by atoms with van der Waals surface area (Å²) in [4.78, 5) is 7.32. The van der Waals surface area contributed by atoms with Crippen LogP contribution >= 0.6 is 23.7 Å². The van der Waals surface area contributed by atoms with Gasteiger partial charge in [0.2, 0.25) is 0 Å². The second-order valence-electron chi connectivity index (χ2n) is 4.85. The number of hydrogen-bond donors (Lipinski definition) is 1. The molecule has 1 aromatic rings. The van der Waals surface area contributed by atoms with Crippen LogP contribution in [0.5, 0.6) is 0 Å². The Bertz CT molecular complexity index is 504. The number of nitrogens with zero attached hydrogens (tertiary/aromatic N) is 2.